The summed E-state index contributed by atoms with van der Waals surface area (Å²) in [6, 6.07) is 9.47. The van der Waals surface area contributed by atoms with Gasteiger partial charge in [0.1, 0.15) is 5.52 Å². The second-order valence-electron chi connectivity index (χ2n) is 4.40. The third-order valence-electron chi connectivity index (χ3n) is 2.99. The Morgan fingerprint density at radius 3 is 2.55 bits per heavy atom. The third-order valence-corrected chi connectivity index (χ3v) is 3.72. The molecule has 2 aromatic carbocycles. The zero-order valence-corrected chi connectivity index (χ0v) is 13.1. The minimum Gasteiger partial charge on any atom is -0.435 e. The number of hydrogen-bond acceptors (Lipinski definition) is 5. The van der Waals surface area contributed by atoms with Crippen LogP contribution in [-0.2, 0) is 0 Å². The molecular weight excluding hydrogens is 376 g/mol. The number of nitro groups is 1. The van der Waals surface area contributed by atoms with E-state index in [1.807, 2.05) is 0 Å². The number of fused-ring (bicyclic) bond motifs is 1. The molecule has 1 aromatic heterocycles. The highest BCUT2D eigenvalue weighted by Crippen LogP contribution is 2.31. The lowest BCUT2D eigenvalue weighted by molar-refractivity contribution is -0.384. The summed E-state index contributed by atoms with van der Waals surface area (Å²) in [5, 5.41) is 10.1. The molecule has 0 radical (unpaired) electrons. The number of nitro benzene ring substituents is 1. The first-order valence-corrected chi connectivity index (χ1v) is 7.17. The normalized spacial score (nSPS) is 10.8. The Bertz CT molecular complexity index is 905. The highest BCUT2D eigenvalue weighted by Gasteiger charge is 2.21. The number of carbonyl (C=O) groups excluding carboxylic acids is 1. The summed E-state index contributed by atoms with van der Waals surface area (Å²) < 4.78 is 6.46. The van der Waals surface area contributed by atoms with Crippen LogP contribution >= 0.6 is 27.5 Å². The second kappa shape index (κ2) is 5.51. The average molecular weight is 382 g/mol. The van der Waals surface area contributed by atoms with Gasteiger partial charge in [0.25, 0.3) is 10.9 Å². The second-order valence-corrected chi connectivity index (χ2v) is 5.66. The Morgan fingerprint density at radius 2 is 1.95 bits per heavy atom. The highest BCUT2D eigenvalue weighted by atomic mass is 79.9. The molecule has 6 nitrogen and oxygen atoms in total. The van der Waals surface area contributed by atoms with Crippen LogP contribution in [0.1, 0.15) is 10.4 Å². The zero-order valence-electron chi connectivity index (χ0n) is 10.7. The molecule has 0 spiro atoms. The number of non-ortho nitro benzene ring substituents is 1. The van der Waals surface area contributed by atoms with Crippen LogP contribution in [0.25, 0.3) is 22.6 Å². The molecule has 0 atom stereocenters. The topological polar surface area (TPSA) is 86.2 Å². The number of hydrogen-bond donors (Lipinski definition) is 0. The summed E-state index contributed by atoms with van der Waals surface area (Å²) in [5.74, 6) is 0.252. The maximum atomic E-state index is 11.5. The van der Waals surface area contributed by atoms with E-state index in [-0.39, 0.29) is 28.2 Å². The minimum absolute atomic E-state index is 0.0817. The van der Waals surface area contributed by atoms with Gasteiger partial charge < -0.3 is 4.42 Å². The van der Waals surface area contributed by atoms with E-state index < -0.39 is 10.2 Å². The number of benzene rings is 2. The van der Waals surface area contributed by atoms with Gasteiger partial charge >= 0.3 is 0 Å². The quantitative estimate of drug-likeness (QED) is 0.377. The molecule has 0 fully saturated rings. The largest absolute Gasteiger partial charge is 0.435 e. The van der Waals surface area contributed by atoms with Crippen LogP contribution in [0, 0.1) is 10.1 Å². The maximum Gasteiger partial charge on any atom is 0.272 e. The fourth-order valence-electron chi connectivity index (χ4n) is 1.99. The van der Waals surface area contributed by atoms with Gasteiger partial charge in [0.2, 0.25) is 5.89 Å². The number of nitrogens with zero attached hydrogens (tertiary/aromatic N) is 2. The van der Waals surface area contributed by atoms with Gasteiger partial charge in [0.15, 0.2) is 5.58 Å². The Kier molecular flexibility index (Phi) is 3.67. The Morgan fingerprint density at radius 1 is 1.27 bits per heavy atom. The van der Waals surface area contributed by atoms with Crippen LogP contribution in [0.15, 0.2) is 45.3 Å². The maximum absolute atomic E-state index is 11.5. The van der Waals surface area contributed by atoms with Crippen LogP contribution < -0.4 is 0 Å². The molecule has 0 unspecified atom stereocenters. The van der Waals surface area contributed by atoms with Gasteiger partial charge in [-0.05, 0) is 35.9 Å². The van der Waals surface area contributed by atoms with Crippen molar-refractivity contribution in [1.29, 1.82) is 0 Å². The van der Waals surface area contributed by atoms with Crippen molar-refractivity contribution in [2.24, 2.45) is 0 Å². The first-order chi connectivity index (χ1) is 10.5. The van der Waals surface area contributed by atoms with E-state index in [0.717, 1.165) is 10.5 Å². The van der Waals surface area contributed by atoms with Crippen molar-refractivity contribution < 1.29 is 14.1 Å². The van der Waals surface area contributed by atoms with Gasteiger partial charge in [0, 0.05) is 22.2 Å². The predicted molar refractivity (Wildman–Crippen MR) is 84.0 cm³/mol. The van der Waals surface area contributed by atoms with Crippen LogP contribution in [0.4, 0.5) is 5.69 Å². The van der Waals surface area contributed by atoms with E-state index in [9.17, 15) is 14.9 Å². The minimum atomic E-state index is -0.841. The molecule has 110 valence electrons. The van der Waals surface area contributed by atoms with E-state index in [2.05, 4.69) is 20.9 Å². The fourth-order valence-corrected chi connectivity index (χ4v) is 2.39. The van der Waals surface area contributed by atoms with E-state index in [1.54, 1.807) is 24.3 Å². The number of halogens is 2. The zero-order chi connectivity index (χ0) is 15.9. The molecule has 0 saturated heterocycles. The number of oxazole rings is 1. The van der Waals surface area contributed by atoms with Crippen molar-refractivity contribution >= 4 is 49.6 Å². The Labute approximate surface area is 137 Å². The molecule has 22 heavy (non-hydrogen) atoms. The molecule has 1 heterocycles. The number of rotatable bonds is 3. The summed E-state index contributed by atoms with van der Waals surface area (Å²) >= 11 is 8.80. The van der Waals surface area contributed by atoms with Crippen molar-refractivity contribution in [3.63, 3.8) is 0 Å². The van der Waals surface area contributed by atoms with Crippen LogP contribution in [-0.4, -0.2) is 15.1 Å². The van der Waals surface area contributed by atoms with E-state index >= 15 is 0 Å². The van der Waals surface area contributed by atoms with Crippen molar-refractivity contribution in [1.82, 2.24) is 4.98 Å². The molecule has 3 aromatic rings. The van der Waals surface area contributed by atoms with E-state index in [4.69, 9.17) is 16.0 Å². The van der Waals surface area contributed by atoms with Crippen molar-refractivity contribution in [2.45, 2.75) is 0 Å². The van der Waals surface area contributed by atoms with Crippen molar-refractivity contribution in [3.8, 4) is 11.5 Å². The molecule has 0 saturated carbocycles. The fraction of sp³-hybridized carbons (Fsp3) is 0. The van der Waals surface area contributed by atoms with Crippen LogP contribution in [0.3, 0.4) is 0 Å². The molecule has 0 aliphatic heterocycles. The third kappa shape index (κ3) is 2.60. The average Bonchev–Trinajstić information content (AvgIpc) is 2.90. The molecule has 8 heteroatoms. The van der Waals surface area contributed by atoms with Crippen LogP contribution in [0.5, 0.6) is 0 Å². The summed E-state index contributed by atoms with van der Waals surface area (Å²) in [6.45, 7) is 0. The van der Waals surface area contributed by atoms with Gasteiger partial charge in [-0.2, -0.15) is 0 Å². The lowest BCUT2D eigenvalue weighted by atomic mass is 10.2. The van der Waals surface area contributed by atoms with Gasteiger partial charge in [0.05, 0.1) is 10.5 Å². The van der Waals surface area contributed by atoms with Gasteiger partial charge in [-0.3, -0.25) is 14.9 Å². The lowest BCUT2D eigenvalue weighted by Gasteiger charge is -1.96. The molecule has 0 N–H and O–H groups in total. The molecule has 0 aliphatic rings. The Balaban J connectivity index is 2.24. The summed E-state index contributed by atoms with van der Waals surface area (Å²) in [4.78, 5) is 26.0. The number of aromatic nitrogens is 1. The highest BCUT2D eigenvalue weighted by molar-refractivity contribution is 9.10. The van der Waals surface area contributed by atoms with E-state index in [0.29, 0.717) is 5.56 Å². The summed E-state index contributed by atoms with van der Waals surface area (Å²) in [6.07, 6.45) is 0. The molecular formula is C14H6BrClN2O4. The standard InChI is InChI=1S/C14H6BrClN2O4/c15-8-3-1-7(2-4-8)14-17-11-6-9(18(20)21)5-10(13(16)19)12(11)22-14/h1-6H. The van der Waals surface area contributed by atoms with Crippen molar-refractivity contribution in [2.75, 3.05) is 0 Å². The lowest BCUT2D eigenvalue weighted by Crippen LogP contribution is -1.94. The molecule has 3 rings (SSSR count). The van der Waals surface area contributed by atoms with Crippen molar-refractivity contribution in [3.05, 3.63) is 56.5 Å². The molecule has 0 bridgehead atoms. The molecule has 0 aliphatic carbocycles. The smallest absolute Gasteiger partial charge is 0.272 e. The van der Waals surface area contributed by atoms with E-state index in [1.165, 1.54) is 6.07 Å². The summed E-state index contributed by atoms with van der Waals surface area (Å²) in [5.41, 5.74) is 0.656. The van der Waals surface area contributed by atoms with Gasteiger partial charge in [-0.1, -0.05) is 15.9 Å². The van der Waals surface area contributed by atoms with Gasteiger partial charge in [-0.25, -0.2) is 4.98 Å². The SMILES string of the molecule is O=C(Cl)c1cc([N+](=O)[O-])cc2nc(-c3ccc(Br)cc3)oc12. The number of carbonyl (C=O) groups is 1. The molecule has 0 amide bonds. The first kappa shape index (κ1) is 14.7. The summed E-state index contributed by atoms with van der Waals surface area (Å²) in [7, 11) is 0. The monoisotopic (exact) mass is 380 g/mol. The van der Waals surface area contributed by atoms with Crippen LogP contribution in [0.2, 0.25) is 0 Å². The first-order valence-electron chi connectivity index (χ1n) is 6.00. The predicted octanol–water partition coefficient (Wildman–Crippen LogP) is 4.54. The Hall–Kier alpha value is -2.25. The van der Waals surface area contributed by atoms with Gasteiger partial charge in [-0.15, -0.1) is 0 Å².